The Kier molecular flexibility index (Phi) is 2.76. The van der Waals surface area contributed by atoms with Gasteiger partial charge in [0.25, 0.3) is 0 Å². The summed E-state index contributed by atoms with van der Waals surface area (Å²) >= 11 is 5.02. The summed E-state index contributed by atoms with van der Waals surface area (Å²) in [4.78, 5) is 0. The third kappa shape index (κ3) is 1.86. The summed E-state index contributed by atoms with van der Waals surface area (Å²) in [6.07, 6.45) is 1.81. The Balaban J connectivity index is 1.98. The zero-order chi connectivity index (χ0) is 12.5. The highest BCUT2D eigenvalue weighted by Crippen LogP contribution is 2.27. The summed E-state index contributed by atoms with van der Waals surface area (Å²) < 4.78 is 1.63. The van der Waals surface area contributed by atoms with Crippen LogP contribution in [0.25, 0.3) is 0 Å². The van der Waals surface area contributed by atoms with E-state index in [0.717, 1.165) is 30.9 Å². The molecule has 3 N–H and O–H groups in total. The van der Waals surface area contributed by atoms with Gasteiger partial charge in [-0.3, -0.25) is 0 Å². The van der Waals surface area contributed by atoms with Crippen LogP contribution >= 0.6 is 12.2 Å². The van der Waals surface area contributed by atoms with Crippen molar-refractivity contribution < 1.29 is 0 Å². The summed E-state index contributed by atoms with van der Waals surface area (Å²) in [5.41, 5.74) is 9.24. The molecular weight excluding hydrogens is 244 g/mol. The molecule has 2 aromatic rings. The fourth-order valence-electron chi connectivity index (χ4n) is 2.34. The number of rotatable bonds is 2. The van der Waals surface area contributed by atoms with Crippen LogP contribution in [-0.4, -0.2) is 21.4 Å². The van der Waals surface area contributed by atoms with Gasteiger partial charge in [-0.05, 0) is 24.2 Å². The van der Waals surface area contributed by atoms with E-state index in [0.29, 0.717) is 5.11 Å². The number of thiocarbonyl (C=S) groups is 1. The van der Waals surface area contributed by atoms with Crippen LogP contribution in [0, 0.1) is 0 Å². The molecule has 1 aromatic heterocycles. The molecule has 5 heteroatoms. The van der Waals surface area contributed by atoms with E-state index in [1.54, 1.807) is 4.68 Å². The Hall–Kier alpha value is -1.88. The minimum atomic E-state index is 0.292. The Bertz CT molecular complexity index is 589. The number of hydrogen-bond donors (Lipinski definition) is 2. The molecule has 18 heavy (non-hydrogen) atoms. The molecule has 0 radical (unpaired) electrons. The van der Waals surface area contributed by atoms with Crippen molar-refractivity contribution in [1.82, 2.24) is 9.78 Å². The third-order valence-electron chi connectivity index (χ3n) is 3.16. The topological polar surface area (TPSA) is 55.9 Å². The monoisotopic (exact) mass is 258 g/mol. The molecule has 0 fully saturated rings. The Morgan fingerprint density at radius 2 is 2.17 bits per heavy atom. The van der Waals surface area contributed by atoms with E-state index in [4.69, 9.17) is 18.0 Å². The Morgan fingerprint density at radius 1 is 1.39 bits per heavy atom. The summed E-state index contributed by atoms with van der Waals surface area (Å²) in [6, 6.07) is 10.3. The lowest BCUT2D eigenvalue weighted by molar-refractivity contribution is 0.879. The number of anilines is 1. The quantitative estimate of drug-likeness (QED) is 0.802. The first-order valence-corrected chi connectivity index (χ1v) is 6.35. The van der Waals surface area contributed by atoms with Crippen LogP contribution in [0.5, 0.6) is 0 Å². The lowest BCUT2D eigenvalue weighted by Gasteiger charge is -2.02. The van der Waals surface area contributed by atoms with E-state index in [-0.39, 0.29) is 0 Å². The van der Waals surface area contributed by atoms with Crippen LogP contribution in [0.4, 0.5) is 5.82 Å². The van der Waals surface area contributed by atoms with Gasteiger partial charge in [0.05, 0.1) is 5.69 Å². The van der Waals surface area contributed by atoms with Crippen molar-refractivity contribution in [2.45, 2.75) is 12.8 Å². The van der Waals surface area contributed by atoms with Crippen molar-refractivity contribution >= 4 is 23.1 Å². The highest BCUT2D eigenvalue weighted by atomic mass is 32.1. The average Bonchev–Trinajstić information content (AvgIpc) is 2.94. The number of aromatic nitrogens is 2. The molecule has 0 amide bonds. The molecule has 4 nitrogen and oxygen atoms in total. The summed E-state index contributed by atoms with van der Waals surface area (Å²) in [7, 11) is 0. The van der Waals surface area contributed by atoms with Gasteiger partial charge in [-0.25, -0.2) is 0 Å². The molecule has 0 bridgehead atoms. The van der Waals surface area contributed by atoms with E-state index in [1.807, 2.05) is 18.2 Å². The maximum absolute atomic E-state index is 5.69. The first-order valence-electron chi connectivity index (χ1n) is 5.94. The largest absolute Gasteiger partial charge is 0.374 e. The van der Waals surface area contributed by atoms with Gasteiger partial charge in [0.2, 0.25) is 0 Å². The number of fused-ring (bicyclic) bond motifs is 1. The molecule has 1 aliphatic rings. The van der Waals surface area contributed by atoms with E-state index >= 15 is 0 Å². The molecule has 0 aliphatic carbocycles. The minimum absolute atomic E-state index is 0.292. The first kappa shape index (κ1) is 11.2. The fourth-order valence-corrected chi connectivity index (χ4v) is 2.47. The van der Waals surface area contributed by atoms with Crippen LogP contribution in [0.3, 0.4) is 0 Å². The van der Waals surface area contributed by atoms with Gasteiger partial charge in [-0.15, -0.1) is 0 Å². The first-order chi connectivity index (χ1) is 8.75. The molecule has 92 valence electrons. The Labute approximate surface area is 111 Å². The van der Waals surface area contributed by atoms with Crippen LogP contribution in [-0.2, 0) is 12.8 Å². The molecule has 3 rings (SSSR count). The van der Waals surface area contributed by atoms with Crippen molar-refractivity contribution in [2.75, 3.05) is 11.9 Å². The van der Waals surface area contributed by atoms with E-state index in [2.05, 4.69) is 22.5 Å². The molecule has 1 aromatic carbocycles. The number of benzene rings is 1. The van der Waals surface area contributed by atoms with E-state index in [9.17, 15) is 0 Å². The van der Waals surface area contributed by atoms with Crippen LogP contribution in [0.1, 0.15) is 16.8 Å². The van der Waals surface area contributed by atoms with Crippen LogP contribution in [0.15, 0.2) is 30.3 Å². The Morgan fingerprint density at radius 3 is 2.89 bits per heavy atom. The van der Waals surface area contributed by atoms with E-state index in [1.165, 1.54) is 11.1 Å². The van der Waals surface area contributed by atoms with Gasteiger partial charge in [0.1, 0.15) is 5.82 Å². The van der Waals surface area contributed by atoms with Crippen LogP contribution < -0.4 is 11.1 Å². The zero-order valence-corrected chi connectivity index (χ0v) is 10.7. The van der Waals surface area contributed by atoms with Crippen molar-refractivity contribution in [3.8, 4) is 0 Å². The second-order valence-corrected chi connectivity index (χ2v) is 4.78. The van der Waals surface area contributed by atoms with Gasteiger partial charge in [0.15, 0.2) is 5.11 Å². The predicted molar refractivity (Wildman–Crippen MR) is 75.9 cm³/mol. The second kappa shape index (κ2) is 4.42. The van der Waals surface area contributed by atoms with Gasteiger partial charge in [0, 0.05) is 18.5 Å². The second-order valence-electron chi connectivity index (χ2n) is 4.36. The SMILES string of the molecule is NC(=S)n1nc(Cc2ccccc2)c2c1NCC2. The normalized spacial score (nSPS) is 13.1. The average molecular weight is 258 g/mol. The summed E-state index contributed by atoms with van der Waals surface area (Å²) in [6.45, 7) is 0.928. The third-order valence-corrected chi connectivity index (χ3v) is 3.33. The highest BCUT2D eigenvalue weighted by Gasteiger charge is 2.22. The standard InChI is InChI=1S/C13H14N4S/c14-13(18)17-12-10(6-7-15-12)11(16-17)8-9-4-2-1-3-5-9/h1-5,15H,6-8H2,(H2,14,18). The fraction of sp³-hybridized carbons (Fsp3) is 0.231. The molecule has 0 atom stereocenters. The maximum atomic E-state index is 5.69. The maximum Gasteiger partial charge on any atom is 0.193 e. The van der Waals surface area contributed by atoms with Gasteiger partial charge < -0.3 is 11.1 Å². The molecule has 1 aliphatic heterocycles. The minimum Gasteiger partial charge on any atom is -0.374 e. The van der Waals surface area contributed by atoms with Crippen molar-refractivity contribution in [3.63, 3.8) is 0 Å². The molecular formula is C13H14N4S. The van der Waals surface area contributed by atoms with Crippen molar-refractivity contribution in [3.05, 3.63) is 47.2 Å². The zero-order valence-electron chi connectivity index (χ0n) is 9.89. The van der Waals surface area contributed by atoms with E-state index < -0.39 is 0 Å². The molecule has 0 saturated carbocycles. The number of nitrogens with zero attached hydrogens (tertiary/aromatic N) is 2. The number of nitrogens with two attached hydrogens (primary N) is 1. The number of nitrogens with one attached hydrogen (secondary N) is 1. The van der Waals surface area contributed by atoms with Gasteiger partial charge >= 0.3 is 0 Å². The van der Waals surface area contributed by atoms with Gasteiger partial charge in [-0.2, -0.15) is 9.78 Å². The molecule has 2 heterocycles. The number of hydrogen-bond acceptors (Lipinski definition) is 3. The highest BCUT2D eigenvalue weighted by molar-refractivity contribution is 7.80. The molecule has 0 spiro atoms. The molecule has 0 saturated heterocycles. The van der Waals surface area contributed by atoms with Crippen LogP contribution in [0.2, 0.25) is 0 Å². The summed E-state index contributed by atoms with van der Waals surface area (Å²) in [5.74, 6) is 0.966. The predicted octanol–water partition coefficient (Wildman–Crippen LogP) is 1.53. The smallest absolute Gasteiger partial charge is 0.193 e. The lowest BCUT2D eigenvalue weighted by Crippen LogP contribution is -2.22. The summed E-state index contributed by atoms with van der Waals surface area (Å²) in [5, 5.41) is 8.10. The van der Waals surface area contributed by atoms with Gasteiger partial charge in [-0.1, -0.05) is 30.3 Å². The van der Waals surface area contributed by atoms with Crippen molar-refractivity contribution in [2.24, 2.45) is 5.73 Å². The molecule has 0 unspecified atom stereocenters. The van der Waals surface area contributed by atoms with Crippen molar-refractivity contribution in [1.29, 1.82) is 0 Å². The lowest BCUT2D eigenvalue weighted by atomic mass is 10.1.